The zero-order chi connectivity index (χ0) is 36.8. The minimum Gasteiger partial charge on any atom is -0.453 e. The topological polar surface area (TPSA) is 126 Å². The Morgan fingerprint density at radius 3 is 2.55 bits per heavy atom. The van der Waals surface area contributed by atoms with Gasteiger partial charge in [0.05, 0.1) is 17.6 Å². The Hall–Kier alpha value is -3.81. The summed E-state index contributed by atoms with van der Waals surface area (Å²) in [7, 11) is -2.58. The molecule has 3 aromatic carbocycles. The molecule has 2 saturated heterocycles. The first kappa shape index (κ1) is 38.4. The van der Waals surface area contributed by atoms with Gasteiger partial charge in [-0.15, -0.1) is 6.58 Å². The lowest BCUT2D eigenvalue weighted by Gasteiger charge is -2.48. The number of halogens is 2. The number of methoxy groups -OCH3 is 1. The fourth-order valence-corrected chi connectivity index (χ4v) is 9.28. The normalized spacial score (nSPS) is 21.1. The van der Waals surface area contributed by atoms with Gasteiger partial charge in [0.25, 0.3) is 0 Å². The van der Waals surface area contributed by atoms with Crippen molar-refractivity contribution >= 4 is 39.3 Å². The van der Waals surface area contributed by atoms with Gasteiger partial charge in [-0.1, -0.05) is 54.1 Å². The first-order valence-corrected chi connectivity index (χ1v) is 18.9. The largest absolute Gasteiger partial charge is 0.453 e. The van der Waals surface area contributed by atoms with Gasteiger partial charge < -0.3 is 25.4 Å². The Kier molecular flexibility index (Phi) is 12.2. The highest BCUT2D eigenvalue weighted by molar-refractivity contribution is 7.89. The predicted octanol–water partition coefficient (Wildman–Crippen LogP) is 6.07. The molecule has 51 heavy (non-hydrogen) atoms. The Balaban J connectivity index is 1.49. The summed E-state index contributed by atoms with van der Waals surface area (Å²) in [6, 6.07) is 18.0. The van der Waals surface area contributed by atoms with E-state index in [4.69, 9.17) is 21.1 Å². The van der Waals surface area contributed by atoms with E-state index in [1.54, 1.807) is 54.6 Å². The average Bonchev–Trinajstić information content (AvgIpc) is 3.12. The molecule has 2 aliphatic rings. The van der Waals surface area contributed by atoms with Crippen LogP contribution in [0.15, 0.2) is 90.3 Å². The summed E-state index contributed by atoms with van der Waals surface area (Å²) in [6.07, 6.45) is 2.37. The monoisotopic (exact) mass is 740 g/mol. The third kappa shape index (κ3) is 8.47. The van der Waals surface area contributed by atoms with Gasteiger partial charge in [0, 0.05) is 54.0 Å². The zero-order valence-corrected chi connectivity index (χ0v) is 30.7. The van der Waals surface area contributed by atoms with E-state index in [9.17, 15) is 18.0 Å². The second-order valence-electron chi connectivity index (χ2n) is 13.6. The van der Waals surface area contributed by atoms with Crippen molar-refractivity contribution < 1.29 is 31.9 Å². The van der Waals surface area contributed by atoms with Crippen LogP contribution in [0.25, 0.3) is 0 Å². The molecule has 274 valence electrons. The first-order chi connectivity index (χ1) is 24.3. The summed E-state index contributed by atoms with van der Waals surface area (Å²) in [4.78, 5) is 27.7. The minimum atomic E-state index is -3.80. The fraction of sp³-hybridized carbons (Fsp3) is 0.421. The number of carbonyl (C=O) groups excluding carboxylic acids is 2. The summed E-state index contributed by atoms with van der Waals surface area (Å²) in [6.45, 7) is 9.71. The Bertz CT molecular complexity index is 1810. The molecule has 3 aromatic rings. The van der Waals surface area contributed by atoms with E-state index in [1.807, 2.05) is 26.0 Å². The van der Waals surface area contributed by atoms with E-state index in [-0.39, 0.29) is 41.5 Å². The molecule has 0 aliphatic carbocycles. The quantitative estimate of drug-likeness (QED) is 0.193. The zero-order valence-electron chi connectivity index (χ0n) is 29.2. The third-order valence-electron chi connectivity index (χ3n) is 9.99. The number of hydrogen-bond donors (Lipinski definition) is 3. The summed E-state index contributed by atoms with van der Waals surface area (Å²) in [5.41, 5.74) is -0.573. The molecule has 0 spiro atoms. The van der Waals surface area contributed by atoms with Crippen molar-refractivity contribution in [3.63, 3.8) is 0 Å². The number of sulfonamides is 1. The van der Waals surface area contributed by atoms with Gasteiger partial charge in [-0.05, 0) is 87.4 Å². The van der Waals surface area contributed by atoms with Gasteiger partial charge in [-0.25, -0.2) is 17.6 Å². The molecule has 0 bridgehead atoms. The summed E-state index contributed by atoms with van der Waals surface area (Å²) >= 11 is 6.28. The van der Waals surface area contributed by atoms with Gasteiger partial charge in [0.1, 0.15) is 11.9 Å². The van der Waals surface area contributed by atoms with Crippen LogP contribution in [0.4, 0.5) is 14.9 Å². The van der Waals surface area contributed by atoms with E-state index in [0.717, 1.165) is 0 Å². The molecule has 0 radical (unpaired) electrons. The number of carbonyl (C=O) groups is 2. The van der Waals surface area contributed by atoms with Gasteiger partial charge in [0.15, 0.2) is 0 Å². The maximum absolute atomic E-state index is 15.7. The maximum Gasteiger partial charge on any atom is 0.407 e. The molecular formula is C38H46ClFN4O6S. The van der Waals surface area contributed by atoms with Gasteiger partial charge in [-0.2, -0.15) is 4.31 Å². The number of alkyl carbamates (subject to hydrolysis) is 1. The average molecular weight is 741 g/mol. The lowest BCUT2D eigenvalue weighted by atomic mass is 9.61. The van der Waals surface area contributed by atoms with Crippen molar-refractivity contribution in [2.45, 2.75) is 67.5 Å². The fourth-order valence-electron chi connectivity index (χ4n) is 7.48. The Labute approximate surface area is 304 Å². The van der Waals surface area contributed by atoms with Crippen molar-refractivity contribution in [3.8, 4) is 0 Å². The second-order valence-corrected chi connectivity index (χ2v) is 15.9. The highest BCUT2D eigenvalue weighted by Crippen LogP contribution is 2.46. The van der Waals surface area contributed by atoms with Crippen molar-refractivity contribution in [2.75, 3.05) is 38.7 Å². The predicted molar refractivity (Wildman–Crippen MR) is 196 cm³/mol. The van der Waals surface area contributed by atoms with Crippen LogP contribution >= 0.6 is 11.6 Å². The Morgan fingerprint density at radius 1 is 1.16 bits per heavy atom. The van der Waals surface area contributed by atoms with Gasteiger partial charge in [-0.3, -0.25) is 4.79 Å². The Morgan fingerprint density at radius 2 is 1.88 bits per heavy atom. The molecule has 1 unspecified atom stereocenters. The molecule has 3 N–H and O–H groups in total. The van der Waals surface area contributed by atoms with Crippen LogP contribution in [-0.2, 0) is 36.1 Å². The van der Waals surface area contributed by atoms with Crippen molar-refractivity contribution in [1.29, 1.82) is 0 Å². The maximum atomic E-state index is 15.7. The lowest BCUT2D eigenvalue weighted by molar-refractivity contribution is -0.122. The van der Waals surface area contributed by atoms with E-state index in [2.05, 4.69) is 22.5 Å². The summed E-state index contributed by atoms with van der Waals surface area (Å²) in [5.74, 6) is -1.39. The number of amides is 2. The first-order valence-electron chi connectivity index (χ1n) is 17.1. The molecule has 13 heteroatoms. The van der Waals surface area contributed by atoms with Gasteiger partial charge in [0.2, 0.25) is 15.9 Å². The number of anilines is 1. The van der Waals surface area contributed by atoms with Crippen molar-refractivity contribution in [1.82, 2.24) is 14.9 Å². The molecule has 2 aliphatic heterocycles. The molecule has 2 heterocycles. The van der Waals surface area contributed by atoms with Crippen LogP contribution in [-0.4, -0.2) is 75.8 Å². The summed E-state index contributed by atoms with van der Waals surface area (Å²) in [5, 5.41) is 9.45. The SMILES string of the molecule is C=C[C@](c1ccc(Cl)cc1)(C1CCOC(C)(C)C1)[C@H](NC(=O)OC)C(=O)Nc1cccc(F)c1CC[C@H]1CNCCN1S(=O)(=O)c1ccccc1. The molecular weight excluding hydrogens is 695 g/mol. The van der Waals surface area contributed by atoms with Crippen LogP contribution < -0.4 is 16.0 Å². The van der Waals surface area contributed by atoms with Crippen LogP contribution in [0, 0.1) is 11.7 Å². The third-order valence-corrected chi connectivity index (χ3v) is 12.2. The van der Waals surface area contributed by atoms with E-state index in [1.165, 1.54) is 23.5 Å². The van der Waals surface area contributed by atoms with E-state index >= 15 is 4.39 Å². The number of nitrogens with one attached hydrogen (secondary N) is 3. The molecule has 0 aromatic heterocycles. The highest BCUT2D eigenvalue weighted by Gasteiger charge is 2.51. The number of benzene rings is 3. The van der Waals surface area contributed by atoms with Crippen LogP contribution in [0.1, 0.15) is 44.2 Å². The molecule has 4 atom stereocenters. The molecule has 0 saturated carbocycles. The second kappa shape index (κ2) is 16.2. The van der Waals surface area contributed by atoms with Crippen molar-refractivity contribution in [2.24, 2.45) is 5.92 Å². The number of piperazine rings is 1. The number of ether oxygens (including phenoxy) is 2. The number of rotatable bonds is 12. The van der Waals surface area contributed by atoms with Crippen LogP contribution in [0.2, 0.25) is 5.02 Å². The molecule has 2 amide bonds. The van der Waals surface area contributed by atoms with Crippen molar-refractivity contribution in [3.05, 3.63) is 107 Å². The summed E-state index contributed by atoms with van der Waals surface area (Å²) < 4.78 is 55.4. The smallest absolute Gasteiger partial charge is 0.407 e. The minimum absolute atomic E-state index is 0.127. The molecule has 10 nitrogen and oxygen atoms in total. The molecule has 2 fully saturated rings. The van der Waals surface area contributed by atoms with Gasteiger partial charge >= 0.3 is 6.09 Å². The standard InChI is InChI=1S/C38H46ClFN4O6S/c1-5-38(26-14-16-28(39)17-15-26,27-20-23-50-37(2,3)24-27)34(43-36(46)49-4)35(45)42-33-13-9-12-32(40)31(33)19-18-29-25-41-21-22-44(29)51(47,48)30-10-7-6-8-11-30/h5-17,27,29,34,41H,1,18-25H2,2-4H3,(H,42,45)(H,43,46)/t27?,29-,34+,38-/m0/s1. The molecule has 5 rings (SSSR count). The van der Waals surface area contributed by atoms with Crippen LogP contribution in [0.5, 0.6) is 0 Å². The number of nitrogens with zero attached hydrogens (tertiary/aromatic N) is 1. The van der Waals surface area contributed by atoms with E-state index in [0.29, 0.717) is 43.1 Å². The van der Waals surface area contributed by atoms with Crippen LogP contribution in [0.3, 0.4) is 0 Å². The highest BCUT2D eigenvalue weighted by atomic mass is 35.5. The lowest BCUT2D eigenvalue weighted by Crippen LogP contribution is -2.60. The number of hydrogen-bond acceptors (Lipinski definition) is 7. The van der Waals surface area contributed by atoms with E-state index < -0.39 is 50.9 Å².